The van der Waals surface area contributed by atoms with Crippen molar-refractivity contribution in [2.75, 3.05) is 0 Å². The van der Waals surface area contributed by atoms with Gasteiger partial charge in [0.05, 0.1) is 0 Å². The van der Waals surface area contributed by atoms with Crippen molar-refractivity contribution in [3.63, 3.8) is 0 Å². The molecule has 0 unspecified atom stereocenters. The third-order valence-electron chi connectivity index (χ3n) is 7.49. The molecule has 0 aliphatic heterocycles. The lowest BCUT2D eigenvalue weighted by Crippen LogP contribution is -2.15. The van der Waals surface area contributed by atoms with E-state index in [1.807, 2.05) is 19.1 Å². The minimum atomic E-state index is -0.0934. The van der Waals surface area contributed by atoms with E-state index in [0.717, 1.165) is 35.4 Å². The molecule has 0 nitrogen and oxygen atoms in total. The molecule has 0 spiro atoms. The third kappa shape index (κ3) is 6.22. The highest BCUT2D eigenvalue weighted by Gasteiger charge is 2.24. The molecule has 0 amide bonds. The highest BCUT2D eigenvalue weighted by Crippen LogP contribution is 2.40. The van der Waals surface area contributed by atoms with Gasteiger partial charge in [0.2, 0.25) is 0 Å². The first kappa shape index (κ1) is 23.5. The Hall–Kier alpha value is -2.67. The molecule has 0 N–H and O–H groups in total. The van der Waals surface area contributed by atoms with E-state index in [4.69, 9.17) is 0 Å². The lowest BCUT2D eigenvalue weighted by molar-refractivity contribution is 0.297. The summed E-state index contributed by atoms with van der Waals surface area (Å²) in [6, 6.07) is 25.5. The Morgan fingerprint density at radius 2 is 1.58 bits per heavy atom. The lowest BCUT2D eigenvalue weighted by Gasteiger charge is -2.30. The summed E-state index contributed by atoms with van der Waals surface area (Å²) >= 11 is 0. The number of hydrogen-bond acceptors (Lipinski definition) is 0. The summed E-state index contributed by atoms with van der Waals surface area (Å²) in [4.78, 5) is 0. The van der Waals surface area contributed by atoms with Crippen LogP contribution in [0.3, 0.4) is 0 Å². The molecule has 3 aromatic carbocycles. The van der Waals surface area contributed by atoms with Gasteiger partial charge in [-0.15, -0.1) is 0 Å². The molecule has 172 valence electrons. The van der Waals surface area contributed by atoms with Gasteiger partial charge in [0.25, 0.3) is 0 Å². The first-order valence-electron chi connectivity index (χ1n) is 12.7. The molecule has 0 saturated heterocycles. The highest BCUT2D eigenvalue weighted by atomic mass is 19.1. The predicted molar refractivity (Wildman–Crippen MR) is 139 cm³/mol. The molecule has 1 aliphatic carbocycles. The number of aryl methyl sites for hydroxylation is 1. The quantitative estimate of drug-likeness (QED) is 0.306. The van der Waals surface area contributed by atoms with Crippen LogP contribution in [0.5, 0.6) is 0 Å². The van der Waals surface area contributed by atoms with Gasteiger partial charge < -0.3 is 0 Å². The molecule has 1 saturated carbocycles. The zero-order chi connectivity index (χ0) is 23.0. The standard InChI is InChI=1S/C32H37F/c1-3-4-6-11-30-20-21-31(23-32(30)33)29-18-16-28(17-19-29)27-14-12-25(13-15-27)22-24(2)26-9-7-5-8-10-26/h3-5,7-10,16-21,23-25,27H,6,11-15,22H2,1-2H3/t24-,25?,27?/m0/s1. The first-order valence-corrected chi connectivity index (χ1v) is 12.7. The number of rotatable bonds is 8. The summed E-state index contributed by atoms with van der Waals surface area (Å²) in [5.41, 5.74) is 5.77. The smallest absolute Gasteiger partial charge is 0.127 e. The fourth-order valence-electron chi connectivity index (χ4n) is 5.43. The maximum atomic E-state index is 14.5. The van der Waals surface area contributed by atoms with Crippen LogP contribution in [0, 0.1) is 11.7 Å². The zero-order valence-electron chi connectivity index (χ0n) is 20.1. The van der Waals surface area contributed by atoms with Crippen LogP contribution in [0.1, 0.15) is 80.9 Å². The van der Waals surface area contributed by atoms with Gasteiger partial charge in [0.1, 0.15) is 5.82 Å². The van der Waals surface area contributed by atoms with E-state index in [9.17, 15) is 4.39 Å². The van der Waals surface area contributed by atoms with Crippen molar-refractivity contribution in [2.45, 2.75) is 70.6 Å². The van der Waals surface area contributed by atoms with Crippen molar-refractivity contribution in [2.24, 2.45) is 5.92 Å². The van der Waals surface area contributed by atoms with Crippen molar-refractivity contribution >= 4 is 0 Å². The van der Waals surface area contributed by atoms with E-state index in [2.05, 4.69) is 73.7 Å². The average Bonchev–Trinajstić information content (AvgIpc) is 2.86. The van der Waals surface area contributed by atoms with Crippen molar-refractivity contribution in [3.05, 3.63) is 107 Å². The molecular formula is C32H37F. The number of halogens is 1. The molecule has 0 radical (unpaired) electrons. The van der Waals surface area contributed by atoms with E-state index >= 15 is 0 Å². The normalized spacial score (nSPS) is 19.6. The molecule has 1 heteroatoms. The van der Waals surface area contributed by atoms with E-state index in [0.29, 0.717) is 11.8 Å². The fraction of sp³-hybridized carbons (Fsp3) is 0.375. The fourth-order valence-corrected chi connectivity index (χ4v) is 5.43. The SMILES string of the molecule is CC=CCCc1ccc(-c2ccc(C3CCC(C[C@H](C)c4ccccc4)CC3)cc2)cc1F. The monoisotopic (exact) mass is 440 g/mol. The number of hydrogen-bond donors (Lipinski definition) is 0. The molecule has 0 heterocycles. The highest BCUT2D eigenvalue weighted by molar-refractivity contribution is 5.64. The largest absolute Gasteiger partial charge is 0.207 e. The molecule has 33 heavy (non-hydrogen) atoms. The minimum absolute atomic E-state index is 0.0934. The second-order valence-electron chi connectivity index (χ2n) is 9.80. The van der Waals surface area contributed by atoms with Gasteiger partial charge in [-0.25, -0.2) is 4.39 Å². The maximum Gasteiger partial charge on any atom is 0.127 e. The van der Waals surface area contributed by atoms with Crippen molar-refractivity contribution in [1.29, 1.82) is 0 Å². The third-order valence-corrected chi connectivity index (χ3v) is 7.49. The van der Waals surface area contributed by atoms with E-state index in [-0.39, 0.29) is 5.82 Å². The van der Waals surface area contributed by atoms with Crippen LogP contribution in [-0.2, 0) is 6.42 Å². The van der Waals surface area contributed by atoms with Gasteiger partial charge in [-0.1, -0.05) is 85.8 Å². The van der Waals surface area contributed by atoms with Crippen molar-refractivity contribution in [3.8, 4) is 11.1 Å². The molecule has 3 aromatic rings. The Balaban J connectivity index is 1.32. The van der Waals surface area contributed by atoms with Gasteiger partial charge >= 0.3 is 0 Å². The Morgan fingerprint density at radius 1 is 0.879 bits per heavy atom. The summed E-state index contributed by atoms with van der Waals surface area (Å²) in [7, 11) is 0. The first-order chi connectivity index (χ1) is 16.1. The van der Waals surface area contributed by atoms with Crippen LogP contribution in [0.2, 0.25) is 0 Å². The summed E-state index contributed by atoms with van der Waals surface area (Å²) in [6.45, 7) is 4.37. The molecule has 4 rings (SSSR count). The predicted octanol–water partition coefficient (Wildman–Crippen LogP) is 9.47. The second kappa shape index (κ2) is 11.5. The zero-order valence-corrected chi connectivity index (χ0v) is 20.1. The summed E-state index contributed by atoms with van der Waals surface area (Å²) in [5, 5.41) is 0. The molecule has 1 aliphatic rings. The lowest BCUT2D eigenvalue weighted by atomic mass is 9.75. The van der Waals surface area contributed by atoms with Gasteiger partial charge in [0.15, 0.2) is 0 Å². The summed E-state index contributed by atoms with van der Waals surface area (Å²) < 4.78 is 14.5. The minimum Gasteiger partial charge on any atom is -0.207 e. The van der Waals surface area contributed by atoms with Gasteiger partial charge in [-0.2, -0.15) is 0 Å². The van der Waals surface area contributed by atoms with E-state index in [1.165, 1.54) is 43.2 Å². The Bertz CT molecular complexity index is 1020. The van der Waals surface area contributed by atoms with Gasteiger partial charge in [-0.3, -0.25) is 0 Å². The van der Waals surface area contributed by atoms with E-state index in [1.54, 1.807) is 6.07 Å². The van der Waals surface area contributed by atoms with Gasteiger partial charge in [-0.05, 0) is 104 Å². The van der Waals surface area contributed by atoms with Crippen LogP contribution in [0.25, 0.3) is 11.1 Å². The summed E-state index contributed by atoms with van der Waals surface area (Å²) in [5.74, 6) is 2.05. The topological polar surface area (TPSA) is 0 Å². The van der Waals surface area contributed by atoms with E-state index < -0.39 is 0 Å². The Labute approximate surface area is 199 Å². The second-order valence-corrected chi connectivity index (χ2v) is 9.80. The molecule has 0 aromatic heterocycles. The van der Waals surface area contributed by atoms with Gasteiger partial charge in [0, 0.05) is 0 Å². The molecule has 1 fully saturated rings. The molecular weight excluding hydrogens is 403 g/mol. The summed E-state index contributed by atoms with van der Waals surface area (Å²) in [6.07, 6.45) is 12.2. The van der Waals surface area contributed by atoms with Crippen LogP contribution in [0.4, 0.5) is 4.39 Å². The van der Waals surface area contributed by atoms with Crippen LogP contribution in [-0.4, -0.2) is 0 Å². The Kier molecular flexibility index (Phi) is 8.15. The van der Waals surface area contributed by atoms with Crippen LogP contribution in [0.15, 0.2) is 84.9 Å². The average molecular weight is 441 g/mol. The number of benzene rings is 3. The van der Waals surface area contributed by atoms with Crippen LogP contribution >= 0.6 is 0 Å². The molecule has 0 bridgehead atoms. The number of allylic oxidation sites excluding steroid dienone is 2. The van der Waals surface area contributed by atoms with Crippen molar-refractivity contribution < 1.29 is 4.39 Å². The van der Waals surface area contributed by atoms with Crippen LogP contribution < -0.4 is 0 Å². The molecule has 1 atom stereocenters. The maximum absolute atomic E-state index is 14.5. The Morgan fingerprint density at radius 3 is 2.24 bits per heavy atom. The van der Waals surface area contributed by atoms with Crippen molar-refractivity contribution in [1.82, 2.24) is 0 Å².